The summed E-state index contributed by atoms with van der Waals surface area (Å²) >= 11 is 0. The summed E-state index contributed by atoms with van der Waals surface area (Å²) in [6.45, 7) is 1.55. The maximum Gasteiger partial charge on any atom is 0.231 e. The van der Waals surface area contributed by atoms with Crippen LogP contribution in [-0.4, -0.2) is 18.5 Å². The molecule has 2 aromatic carbocycles. The van der Waals surface area contributed by atoms with E-state index in [1.54, 1.807) is 12.1 Å². The Morgan fingerprint density at radius 3 is 2.50 bits per heavy atom. The van der Waals surface area contributed by atoms with Gasteiger partial charge in [0.1, 0.15) is 11.5 Å². The van der Waals surface area contributed by atoms with Crippen molar-refractivity contribution in [1.29, 1.82) is 0 Å². The molecule has 6 heteroatoms. The Morgan fingerprint density at radius 1 is 1.00 bits per heavy atom. The first-order chi connectivity index (χ1) is 13.6. The molecule has 28 heavy (non-hydrogen) atoms. The number of amides is 1. The summed E-state index contributed by atoms with van der Waals surface area (Å²) in [4.78, 5) is 24.3. The Kier molecular flexibility index (Phi) is 4.85. The molecule has 4 rings (SSSR count). The van der Waals surface area contributed by atoms with Gasteiger partial charge in [0.15, 0.2) is 17.3 Å². The summed E-state index contributed by atoms with van der Waals surface area (Å²) in [5.74, 6) is 2.15. The maximum absolute atomic E-state index is 12.4. The monoisotopic (exact) mass is 377 g/mol. The van der Waals surface area contributed by atoms with E-state index in [1.165, 1.54) is 6.92 Å². The molecule has 0 unspecified atom stereocenters. The average Bonchev–Trinajstić information content (AvgIpc) is 3.35. The van der Waals surface area contributed by atoms with Gasteiger partial charge in [-0.3, -0.25) is 9.59 Å². The number of fused-ring (bicyclic) bond motifs is 1. The smallest absolute Gasteiger partial charge is 0.231 e. The van der Waals surface area contributed by atoms with Gasteiger partial charge in [0.25, 0.3) is 0 Å². The molecule has 0 saturated heterocycles. The topological polar surface area (TPSA) is 77.8 Å². The summed E-state index contributed by atoms with van der Waals surface area (Å²) in [6.07, 6.45) is 0.687. The van der Waals surface area contributed by atoms with Crippen LogP contribution >= 0.6 is 0 Å². The number of benzene rings is 2. The Morgan fingerprint density at radius 2 is 1.75 bits per heavy atom. The standard InChI is InChI=1S/C22H19NO5/c1-14(24)17-11-20-21(27-13-26-20)12-18(17)23-22(25)10-8-16-7-9-19(28-16)15-5-3-2-4-6-15/h2-7,9,11-12H,8,10,13H2,1H3,(H,23,25). The SMILES string of the molecule is CC(=O)c1cc2c(cc1NC(=O)CCc1ccc(-c3ccccc3)o1)OCO2. The van der Waals surface area contributed by atoms with E-state index < -0.39 is 0 Å². The summed E-state index contributed by atoms with van der Waals surface area (Å²) in [7, 11) is 0. The van der Waals surface area contributed by atoms with Gasteiger partial charge in [-0.05, 0) is 25.1 Å². The molecule has 0 fully saturated rings. The van der Waals surface area contributed by atoms with Gasteiger partial charge in [0.05, 0.1) is 5.69 Å². The third kappa shape index (κ3) is 3.76. The number of rotatable bonds is 6. The number of nitrogens with one attached hydrogen (secondary N) is 1. The average molecular weight is 377 g/mol. The molecule has 0 saturated carbocycles. The van der Waals surface area contributed by atoms with Gasteiger partial charge < -0.3 is 19.2 Å². The lowest BCUT2D eigenvalue weighted by atomic mass is 10.1. The van der Waals surface area contributed by atoms with Gasteiger partial charge in [-0.15, -0.1) is 0 Å². The van der Waals surface area contributed by atoms with Crippen LogP contribution in [0.5, 0.6) is 11.5 Å². The lowest BCUT2D eigenvalue weighted by Gasteiger charge is -2.10. The molecule has 2 heterocycles. The first kappa shape index (κ1) is 17.9. The van der Waals surface area contributed by atoms with Crippen molar-refractivity contribution in [1.82, 2.24) is 0 Å². The first-order valence-electron chi connectivity index (χ1n) is 8.99. The van der Waals surface area contributed by atoms with Crippen LogP contribution in [0, 0.1) is 0 Å². The molecule has 0 atom stereocenters. The molecule has 142 valence electrons. The number of furan rings is 1. The number of anilines is 1. The van der Waals surface area contributed by atoms with Crippen molar-refractivity contribution in [2.75, 3.05) is 12.1 Å². The van der Waals surface area contributed by atoms with E-state index in [2.05, 4.69) is 5.32 Å². The zero-order chi connectivity index (χ0) is 19.5. The fourth-order valence-corrected chi connectivity index (χ4v) is 3.06. The zero-order valence-electron chi connectivity index (χ0n) is 15.4. The summed E-state index contributed by atoms with van der Waals surface area (Å²) in [6, 6.07) is 16.8. The summed E-state index contributed by atoms with van der Waals surface area (Å²) < 4.78 is 16.4. The highest BCUT2D eigenvalue weighted by atomic mass is 16.7. The van der Waals surface area contributed by atoms with Gasteiger partial charge >= 0.3 is 0 Å². The zero-order valence-corrected chi connectivity index (χ0v) is 15.4. The minimum Gasteiger partial charge on any atom is -0.461 e. The van der Waals surface area contributed by atoms with E-state index in [0.29, 0.717) is 29.2 Å². The normalized spacial score (nSPS) is 12.0. The minimum atomic E-state index is -0.209. The highest BCUT2D eigenvalue weighted by Crippen LogP contribution is 2.37. The number of hydrogen-bond donors (Lipinski definition) is 1. The Bertz CT molecular complexity index is 1020. The Balaban J connectivity index is 1.42. The molecule has 1 aliphatic rings. The van der Waals surface area contributed by atoms with E-state index in [9.17, 15) is 9.59 Å². The van der Waals surface area contributed by atoms with Crippen LogP contribution in [-0.2, 0) is 11.2 Å². The fraction of sp³-hybridized carbons (Fsp3) is 0.182. The molecule has 0 radical (unpaired) electrons. The molecular formula is C22H19NO5. The van der Waals surface area contributed by atoms with Gasteiger partial charge in [-0.1, -0.05) is 30.3 Å². The van der Waals surface area contributed by atoms with Crippen LogP contribution in [0.4, 0.5) is 5.69 Å². The highest BCUT2D eigenvalue weighted by Gasteiger charge is 2.20. The molecular weight excluding hydrogens is 358 g/mol. The first-order valence-corrected chi connectivity index (χ1v) is 8.99. The van der Waals surface area contributed by atoms with E-state index in [1.807, 2.05) is 42.5 Å². The number of carbonyl (C=O) groups excluding carboxylic acids is 2. The van der Waals surface area contributed by atoms with E-state index in [-0.39, 0.29) is 24.9 Å². The van der Waals surface area contributed by atoms with Crippen LogP contribution in [0.3, 0.4) is 0 Å². The van der Waals surface area contributed by atoms with E-state index in [4.69, 9.17) is 13.9 Å². The molecule has 1 amide bonds. The second-order valence-electron chi connectivity index (χ2n) is 6.49. The second-order valence-corrected chi connectivity index (χ2v) is 6.49. The predicted octanol–water partition coefficient (Wildman–Crippen LogP) is 4.45. The second kappa shape index (κ2) is 7.60. The quantitative estimate of drug-likeness (QED) is 0.642. The number of Topliss-reactive ketones (excluding diaryl/α,β-unsaturated/α-hetero) is 1. The number of ether oxygens (including phenoxy) is 2. The number of aryl methyl sites for hydroxylation is 1. The van der Waals surface area contributed by atoms with Crippen LogP contribution in [0.1, 0.15) is 29.5 Å². The Hall–Kier alpha value is -3.54. The minimum absolute atomic E-state index is 0.103. The van der Waals surface area contributed by atoms with Crippen LogP contribution in [0.2, 0.25) is 0 Å². The van der Waals surface area contributed by atoms with Crippen molar-refractivity contribution in [3.05, 3.63) is 65.9 Å². The third-order valence-corrected chi connectivity index (χ3v) is 4.48. The molecule has 1 N–H and O–H groups in total. The van der Waals surface area contributed by atoms with Crippen LogP contribution in [0.25, 0.3) is 11.3 Å². The molecule has 0 bridgehead atoms. The largest absolute Gasteiger partial charge is 0.461 e. The molecule has 1 aromatic heterocycles. The predicted molar refractivity (Wildman–Crippen MR) is 104 cm³/mol. The van der Waals surface area contributed by atoms with Gasteiger partial charge in [-0.25, -0.2) is 0 Å². The van der Waals surface area contributed by atoms with Crippen molar-refractivity contribution in [2.24, 2.45) is 0 Å². The van der Waals surface area contributed by atoms with Crippen LogP contribution < -0.4 is 14.8 Å². The molecule has 1 aliphatic heterocycles. The van der Waals surface area contributed by atoms with Crippen molar-refractivity contribution < 1.29 is 23.5 Å². The fourth-order valence-electron chi connectivity index (χ4n) is 3.06. The lowest BCUT2D eigenvalue weighted by Crippen LogP contribution is -2.14. The van der Waals surface area contributed by atoms with E-state index >= 15 is 0 Å². The van der Waals surface area contributed by atoms with Gasteiger partial charge in [0.2, 0.25) is 12.7 Å². The molecule has 0 aliphatic carbocycles. The number of carbonyl (C=O) groups is 2. The molecule has 6 nitrogen and oxygen atoms in total. The van der Waals surface area contributed by atoms with E-state index in [0.717, 1.165) is 17.1 Å². The summed E-state index contributed by atoms with van der Waals surface area (Å²) in [5, 5.41) is 2.79. The van der Waals surface area contributed by atoms with Crippen molar-refractivity contribution in [3.63, 3.8) is 0 Å². The summed E-state index contributed by atoms with van der Waals surface area (Å²) in [5.41, 5.74) is 1.80. The van der Waals surface area contributed by atoms with Crippen molar-refractivity contribution in [3.8, 4) is 22.8 Å². The van der Waals surface area contributed by atoms with Crippen molar-refractivity contribution in [2.45, 2.75) is 19.8 Å². The molecule has 3 aromatic rings. The van der Waals surface area contributed by atoms with Gasteiger partial charge in [-0.2, -0.15) is 0 Å². The highest BCUT2D eigenvalue weighted by molar-refractivity contribution is 6.04. The van der Waals surface area contributed by atoms with Crippen molar-refractivity contribution >= 4 is 17.4 Å². The number of hydrogen-bond acceptors (Lipinski definition) is 5. The maximum atomic E-state index is 12.4. The molecule has 0 spiro atoms. The number of ketones is 1. The Labute approximate surface area is 162 Å². The lowest BCUT2D eigenvalue weighted by molar-refractivity contribution is -0.116. The third-order valence-electron chi connectivity index (χ3n) is 4.48. The van der Waals surface area contributed by atoms with Crippen LogP contribution in [0.15, 0.2) is 59.0 Å². The van der Waals surface area contributed by atoms with Gasteiger partial charge in [0, 0.05) is 30.0 Å².